The summed E-state index contributed by atoms with van der Waals surface area (Å²) in [5, 5.41) is 2.16. The van der Waals surface area contributed by atoms with Crippen molar-refractivity contribution in [3.8, 4) is 0 Å². The Bertz CT molecular complexity index is 667. The lowest BCUT2D eigenvalue weighted by Crippen LogP contribution is -2.24. The third kappa shape index (κ3) is 3.44. The van der Waals surface area contributed by atoms with Gasteiger partial charge in [0.15, 0.2) is 0 Å². The molecule has 0 saturated heterocycles. The van der Waals surface area contributed by atoms with E-state index in [4.69, 9.17) is 11.6 Å². The Morgan fingerprint density at radius 2 is 2.05 bits per heavy atom. The topological polar surface area (TPSA) is 3.24 Å². The molecular formula is C17H16BrClFNS. The zero-order chi connectivity index (χ0) is 15.5. The lowest BCUT2D eigenvalue weighted by atomic mass is 10.0. The number of nitrogens with zero attached hydrogens (tertiary/aromatic N) is 1. The molecule has 1 unspecified atom stereocenters. The molecule has 2 aromatic rings. The lowest BCUT2D eigenvalue weighted by molar-refractivity contribution is 0.629. The molecule has 1 nitrogen and oxygen atoms in total. The molecule has 0 aliphatic carbocycles. The average Bonchev–Trinajstić information content (AvgIpc) is 2.52. The first-order valence-corrected chi connectivity index (χ1v) is 9.58. The first kappa shape index (κ1) is 16.2. The highest BCUT2D eigenvalue weighted by atomic mass is 79.9. The summed E-state index contributed by atoms with van der Waals surface area (Å²) in [6.45, 7) is 0. The van der Waals surface area contributed by atoms with E-state index in [1.165, 1.54) is 11.6 Å². The SMILES string of the molecule is Fc1ccccc1N1SC(CCCBr)Cc2cc(Cl)ccc21. The molecule has 0 N–H and O–H groups in total. The van der Waals surface area contributed by atoms with Crippen LogP contribution in [0.3, 0.4) is 0 Å². The standard InChI is InChI=1S/C17H16BrClFNS/c18-9-3-4-14-11-12-10-13(19)7-8-16(12)21(22-14)17-6-2-1-5-15(17)20/h1-2,5-8,10,14H,3-4,9,11H2. The molecule has 1 atom stereocenters. The van der Waals surface area contributed by atoms with Gasteiger partial charge in [-0.1, -0.05) is 39.7 Å². The summed E-state index contributed by atoms with van der Waals surface area (Å²) in [6, 6.07) is 12.8. The van der Waals surface area contributed by atoms with E-state index in [0.29, 0.717) is 10.9 Å². The van der Waals surface area contributed by atoms with Gasteiger partial charge in [0.2, 0.25) is 0 Å². The third-order valence-corrected chi connectivity index (χ3v) is 5.79. The van der Waals surface area contributed by atoms with Gasteiger partial charge in [0.1, 0.15) is 5.82 Å². The van der Waals surface area contributed by atoms with E-state index in [1.54, 1.807) is 18.0 Å². The molecule has 3 rings (SSSR count). The van der Waals surface area contributed by atoms with E-state index in [1.807, 2.05) is 34.6 Å². The van der Waals surface area contributed by atoms with Crippen molar-refractivity contribution < 1.29 is 4.39 Å². The van der Waals surface area contributed by atoms with Crippen LogP contribution in [0.5, 0.6) is 0 Å². The second kappa shape index (κ2) is 7.24. The summed E-state index contributed by atoms with van der Waals surface area (Å²) in [4.78, 5) is 0. The van der Waals surface area contributed by atoms with Gasteiger partial charge in [-0.05, 0) is 67.1 Å². The predicted octanol–water partition coefficient (Wildman–Crippen LogP) is 6.37. The van der Waals surface area contributed by atoms with Gasteiger partial charge in [0.05, 0.1) is 11.4 Å². The van der Waals surface area contributed by atoms with Crippen LogP contribution in [0, 0.1) is 5.82 Å². The van der Waals surface area contributed by atoms with Crippen molar-refractivity contribution in [2.45, 2.75) is 24.5 Å². The van der Waals surface area contributed by atoms with Crippen LogP contribution in [0.25, 0.3) is 0 Å². The van der Waals surface area contributed by atoms with Crippen molar-refractivity contribution >= 4 is 50.9 Å². The molecule has 0 spiro atoms. The largest absolute Gasteiger partial charge is 0.281 e. The maximum absolute atomic E-state index is 14.2. The lowest BCUT2D eigenvalue weighted by Gasteiger charge is -2.35. The van der Waals surface area contributed by atoms with Gasteiger partial charge in [0.25, 0.3) is 0 Å². The molecule has 0 fully saturated rings. The molecule has 1 aliphatic heterocycles. The van der Waals surface area contributed by atoms with Crippen molar-refractivity contribution in [3.05, 3.63) is 58.9 Å². The summed E-state index contributed by atoms with van der Waals surface area (Å²) < 4.78 is 16.3. The normalized spacial score (nSPS) is 17.4. The molecule has 5 heteroatoms. The molecule has 1 aliphatic rings. The zero-order valence-corrected chi connectivity index (χ0v) is 15.1. The Labute approximate surface area is 148 Å². The van der Waals surface area contributed by atoms with Crippen LogP contribution in [0.4, 0.5) is 15.8 Å². The monoisotopic (exact) mass is 399 g/mol. The molecule has 0 aromatic heterocycles. The van der Waals surface area contributed by atoms with Crippen LogP contribution >= 0.6 is 39.5 Å². The molecule has 0 radical (unpaired) electrons. The highest BCUT2D eigenvalue weighted by Gasteiger charge is 2.27. The fraction of sp³-hybridized carbons (Fsp3) is 0.294. The van der Waals surface area contributed by atoms with Gasteiger partial charge in [0, 0.05) is 15.6 Å². The summed E-state index contributed by atoms with van der Waals surface area (Å²) in [6.07, 6.45) is 3.17. The van der Waals surface area contributed by atoms with E-state index >= 15 is 0 Å². The summed E-state index contributed by atoms with van der Waals surface area (Å²) in [7, 11) is 0. The molecule has 22 heavy (non-hydrogen) atoms. The van der Waals surface area contributed by atoms with E-state index in [-0.39, 0.29) is 5.82 Å². The number of alkyl halides is 1. The number of halogens is 3. The van der Waals surface area contributed by atoms with Gasteiger partial charge in [-0.15, -0.1) is 0 Å². The van der Waals surface area contributed by atoms with Crippen molar-refractivity contribution in [2.75, 3.05) is 9.64 Å². The molecule has 0 amide bonds. The number of para-hydroxylation sites is 1. The fourth-order valence-corrected chi connectivity index (χ4v) is 4.56. The first-order valence-electron chi connectivity index (χ1n) is 7.25. The Morgan fingerprint density at radius 1 is 1.23 bits per heavy atom. The predicted molar refractivity (Wildman–Crippen MR) is 98.1 cm³/mol. The van der Waals surface area contributed by atoms with E-state index in [2.05, 4.69) is 15.9 Å². The fourth-order valence-electron chi connectivity index (χ4n) is 2.67. The number of fused-ring (bicyclic) bond motifs is 1. The Kier molecular flexibility index (Phi) is 5.32. The second-order valence-electron chi connectivity index (χ2n) is 5.28. The molecule has 0 saturated carbocycles. The van der Waals surface area contributed by atoms with Crippen LogP contribution < -0.4 is 4.31 Å². The van der Waals surface area contributed by atoms with Crippen LogP contribution in [0.1, 0.15) is 18.4 Å². The molecule has 0 bridgehead atoms. The van der Waals surface area contributed by atoms with Crippen LogP contribution in [-0.2, 0) is 6.42 Å². The van der Waals surface area contributed by atoms with Crippen LogP contribution in [0.2, 0.25) is 5.02 Å². The number of rotatable bonds is 4. The van der Waals surface area contributed by atoms with E-state index in [9.17, 15) is 4.39 Å². The maximum atomic E-state index is 14.2. The zero-order valence-electron chi connectivity index (χ0n) is 11.9. The minimum atomic E-state index is -0.197. The molecular weight excluding hydrogens is 385 g/mol. The third-order valence-electron chi connectivity index (χ3n) is 3.69. The van der Waals surface area contributed by atoms with Crippen molar-refractivity contribution in [1.82, 2.24) is 0 Å². The van der Waals surface area contributed by atoms with Crippen molar-refractivity contribution in [3.63, 3.8) is 0 Å². The summed E-state index contributed by atoms with van der Waals surface area (Å²) in [5.74, 6) is -0.197. The minimum Gasteiger partial charge on any atom is -0.281 e. The average molecular weight is 401 g/mol. The van der Waals surface area contributed by atoms with Gasteiger partial charge in [-0.25, -0.2) is 4.39 Å². The van der Waals surface area contributed by atoms with Gasteiger partial charge in [-0.3, -0.25) is 4.31 Å². The maximum Gasteiger partial charge on any atom is 0.147 e. The minimum absolute atomic E-state index is 0.197. The highest BCUT2D eigenvalue weighted by Crippen LogP contribution is 2.45. The molecule has 116 valence electrons. The second-order valence-corrected chi connectivity index (χ2v) is 7.75. The van der Waals surface area contributed by atoms with Crippen LogP contribution in [-0.4, -0.2) is 10.6 Å². The Morgan fingerprint density at radius 3 is 2.82 bits per heavy atom. The number of benzene rings is 2. The Hall–Kier alpha value is -0.710. The van der Waals surface area contributed by atoms with Crippen LogP contribution in [0.15, 0.2) is 42.5 Å². The smallest absolute Gasteiger partial charge is 0.147 e. The number of hydrogen-bond donors (Lipinski definition) is 0. The quantitative estimate of drug-likeness (QED) is 0.433. The van der Waals surface area contributed by atoms with Crippen molar-refractivity contribution in [2.24, 2.45) is 0 Å². The molecule has 1 heterocycles. The summed E-state index contributed by atoms with van der Waals surface area (Å²) >= 11 is 11.4. The number of hydrogen-bond acceptors (Lipinski definition) is 2. The van der Waals surface area contributed by atoms with E-state index in [0.717, 1.165) is 35.3 Å². The molecule has 2 aromatic carbocycles. The highest BCUT2D eigenvalue weighted by molar-refractivity contribution is 9.09. The number of anilines is 2. The van der Waals surface area contributed by atoms with Gasteiger partial charge >= 0.3 is 0 Å². The Balaban J connectivity index is 1.99. The van der Waals surface area contributed by atoms with Crippen molar-refractivity contribution in [1.29, 1.82) is 0 Å². The first-order chi connectivity index (χ1) is 10.7. The van der Waals surface area contributed by atoms with E-state index < -0.39 is 0 Å². The van der Waals surface area contributed by atoms with Gasteiger partial charge in [-0.2, -0.15) is 0 Å². The van der Waals surface area contributed by atoms with Gasteiger partial charge < -0.3 is 0 Å². The summed E-state index contributed by atoms with van der Waals surface area (Å²) in [5.41, 5.74) is 2.84.